The Hall–Kier alpha value is -1.04. The number of benzene rings is 1. The van der Waals surface area contributed by atoms with Gasteiger partial charge in [0.05, 0.1) is 24.1 Å². The number of methoxy groups -OCH3 is 2. The minimum Gasteiger partial charge on any atom is -0.493 e. The molecule has 1 aromatic heterocycles. The summed E-state index contributed by atoms with van der Waals surface area (Å²) in [7, 11) is 3.21. The Labute approximate surface area is 124 Å². The second-order valence-corrected chi connectivity index (χ2v) is 6.38. The highest BCUT2D eigenvalue weighted by Gasteiger charge is 2.12. The van der Waals surface area contributed by atoms with E-state index in [1.54, 1.807) is 25.6 Å². The molecule has 2 rings (SSSR count). The Kier molecular flexibility index (Phi) is 4.85. The third-order valence-corrected chi connectivity index (χ3v) is 4.37. The normalized spacial score (nSPS) is 12.2. The van der Waals surface area contributed by atoms with Gasteiger partial charge in [0.1, 0.15) is 0 Å². The van der Waals surface area contributed by atoms with Gasteiger partial charge in [-0.15, -0.1) is 11.3 Å². The first kappa shape index (κ1) is 14.4. The fourth-order valence-electron chi connectivity index (χ4n) is 1.85. The molecule has 0 radical (unpaired) electrons. The summed E-state index contributed by atoms with van der Waals surface area (Å²) in [6, 6.07) is 7.62. The highest BCUT2D eigenvalue weighted by molar-refractivity contribution is 9.11. The van der Waals surface area contributed by atoms with Crippen LogP contribution in [0.1, 0.15) is 17.2 Å². The lowest BCUT2D eigenvalue weighted by atomic mass is 10.0. The van der Waals surface area contributed by atoms with Gasteiger partial charge in [-0.25, -0.2) is 0 Å². The molecule has 3 nitrogen and oxygen atoms in total. The second kappa shape index (κ2) is 6.41. The van der Waals surface area contributed by atoms with Gasteiger partial charge in [0.25, 0.3) is 0 Å². The van der Waals surface area contributed by atoms with E-state index in [-0.39, 0.29) is 0 Å². The van der Waals surface area contributed by atoms with Gasteiger partial charge in [-0.05, 0) is 50.6 Å². The summed E-state index contributed by atoms with van der Waals surface area (Å²) in [5.41, 5.74) is 1.93. The summed E-state index contributed by atoms with van der Waals surface area (Å²) in [6.45, 7) is 0. The fourth-order valence-corrected chi connectivity index (χ4v) is 3.07. The number of ether oxygens (including phenoxy) is 2. The maximum absolute atomic E-state index is 10.2. The molecule has 1 heterocycles. The van der Waals surface area contributed by atoms with E-state index in [4.69, 9.17) is 9.47 Å². The van der Waals surface area contributed by atoms with Crippen molar-refractivity contribution in [2.45, 2.75) is 12.5 Å². The molecule has 1 aromatic carbocycles. The zero-order valence-electron chi connectivity index (χ0n) is 10.7. The molecule has 0 spiro atoms. The minimum absolute atomic E-state index is 0.513. The Morgan fingerprint density at radius 3 is 2.53 bits per heavy atom. The number of thiophene rings is 1. The molecule has 0 aliphatic carbocycles. The molecule has 5 heteroatoms. The van der Waals surface area contributed by atoms with E-state index in [1.807, 2.05) is 29.6 Å². The van der Waals surface area contributed by atoms with Gasteiger partial charge in [0.15, 0.2) is 11.5 Å². The standard InChI is InChI=1S/C14H15BrO3S/c1-17-12-4-3-9(6-13(12)18-2)5-11(16)10-7-14(15)19-8-10/h3-4,6-8,11,16H,5H2,1-2H3. The third kappa shape index (κ3) is 3.49. The Morgan fingerprint density at radius 1 is 1.21 bits per heavy atom. The molecular weight excluding hydrogens is 328 g/mol. The van der Waals surface area contributed by atoms with Crippen molar-refractivity contribution in [1.82, 2.24) is 0 Å². The summed E-state index contributed by atoms with van der Waals surface area (Å²) in [5.74, 6) is 1.37. The number of hydrogen-bond donors (Lipinski definition) is 1. The predicted octanol–water partition coefficient (Wildman–Crippen LogP) is 3.80. The Balaban J connectivity index is 2.14. The Morgan fingerprint density at radius 2 is 1.95 bits per heavy atom. The van der Waals surface area contributed by atoms with E-state index in [0.29, 0.717) is 17.9 Å². The molecule has 0 saturated carbocycles. The average Bonchev–Trinajstić information content (AvgIpc) is 2.85. The minimum atomic E-state index is -0.513. The largest absolute Gasteiger partial charge is 0.493 e. The average molecular weight is 343 g/mol. The van der Waals surface area contributed by atoms with Crippen molar-refractivity contribution < 1.29 is 14.6 Å². The molecular formula is C14H15BrO3S. The highest BCUT2D eigenvalue weighted by atomic mass is 79.9. The van der Waals surface area contributed by atoms with Gasteiger partial charge >= 0.3 is 0 Å². The van der Waals surface area contributed by atoms with Crippen LogP contribution in [0.15, 0.2) is 33.4 Å². The first-order chi connectivity index (χ1) is 9.13. The van der Waals surface area contributed by atoms with Crippen LogP contribution in [0.4, 0.5) is 0 Å². The fraction of sp³-hybridized carbons (Fsp3) is 0.286. The van der Waals surface area contributed by atoms with Crippen LogP contribution in [-0.2, 0) is 6.42 Å². The lowest BCUT2D eigenvalue weighted by Gasteiger charge is -2.12. The quantitative estimate of drug-likeness (QED) is 0.897. The SMILES string of the molecule is COc1ccc(CC(O)c2csc(Br)c2)cc1OC. The maximum atomic E-state index is 10.2. The smallest absolute Gasteiger partial charge is 0.160 e. The van der Waals surface area contributed by atoms with E-state index < -0.39 is 6.10 Å². The molecule has 0 amide bonds. The summed E-state index contributed by atoms with van der Waals surface area (Å²) < 4.78 is 11.5. The van der Waals surface area contributed by atoms with Gasteiger partial charge in [-0.2, -0.15) is 0 Å². The number of rotatable bonds is 5. The molecule has 1 atom stereocenters. The van der Waals surface area contributed by atoms with Crippen LogP contribution in [0.2, 0.25) is 0 Å². The van der Waals surface area contributed by atoms with E-state index in [2.05, 4.69) is 15.9 Å². The van der Waals surface area contributed by atoms with Crippen molar-refractivity contribution in [1.29, 1.82) is 0 Å². The topological polar surface area (TPSA) is 38.7 Å². The van der Waals surface area contributed by atoms with Gasteiger partial charge in [-0.1, -0.05) is 6.07 Å². The molecule has 2 aromatic rings. The van der Waals surface area contributed by atoms with Gasteiger partial charge in [-0.3, -0.25) is 0 Å². The first-order valence-electron chi connectivity index (χ1n) is 5.77. The Bertz CT molecular complexity index is 553. The van der Waals surface area contributed by atoms with E-state index in [9.17, 15) is 5.11 Å². The summed E-state index contributed by atoms with van der Waals surface area (Å²) >= 11 is 4.97. The molecule has 1 N–H and O–H groups in total. The monoisotopic (exact) mass is 342 g/mol. The third-order valence-electron chi connectivity index (χ3n) is 2.85. The number of halogens is 1. The molecule has 1 unspecified atom stereocenters. The van der Waals surface area contributed by atoms with Gasteiger partial charge in [0.2, 0.25) is 0 Å². The van der Waals surface area contributed by atoms with Crippen LogP contribution in [0, 0.1) is 0 Å². The lowest BCUT2D eigenvalue weighted by Crippen LogP contribution is -2.01. The van der Waals surface area contributed by atoms with Crippen LogP contribution < -0.4 is 9.47 Å². The van der Waals surface area contributed by atoms with E-state index in [1.165, 1.54) is 0 Å². The van der Waals surface area contributed by atoms with Gasteiger partial charge in [0, 0.05) is 6.42 Å². The zero-order chi connectivity index (χ0) is 13.8. The van der Waals surface area contributed by atoms with Crippen LogP contribution in [0.5, 0.6) is 11.5 Å². The lowest BCUT2D eigenvalue weighted by molar-refractivity contribution is 0.179. The van der Waals surface area contributed by atoms with Crippen molar-refractivity contribution in [3.8, 4) is 11.5 Å². The van der Waals surface area contributed by atoms with Crippen molar-refractivity contribution in [3.63, 3.8) is 0 Å². The van der Waals surface area contributed by atoms with Crippen molar-refractivity contribution in [2.75, 3.05) is 14.2 Å². The molecule has 0 fully saturated rings. The van der Waals surface area contributed by atoms with Crippen molar-refractivity contribution in [2.24, 2.45) is 0 Å². The van der Waals surface area contributed by atoms with E-state index >= 15 is 0 Å². The summed E-state index contributed by atoms with van der Waals surface area (Å²) in [5, 5.41) is 12.1. The zero-order valence-corrected chi connectivity index (χ0v) is 13.1. The number of aliphatic hydroxyl groups is 1. The highest BCUT2D eigenvalue weighted by Crippen LogP contribution is 2.31. The van der Waals surface area contributed by atoms with Crippen LogP contribution in [0.25, 0.3) is 0 Å². The molecule has 0 aliphatic heterocycles. The van der Waals surface area contributed by atoms with Crippen molar-refractivity contribution in [3.05, 3.63) is 44.6 Å². The van der Waals surface area contributed by atoms with Gasteiger partial charge < -0.3 is 14.6 Å². The second-order valence-electron chi connectivity index (χ2n) is 4.09. The first-order valence-corrected chi connectivity index (χ1v) is 7.44. The molecule has 0 bridgehead atoms. The molecule has 0 saturated heterocycles. The maximum Gasteiger partial charge on any atom is 0.160 e. The number of aliphatic hydroxyl groups excluding tert-OH is 1. The van der Waals surface area contributed by atoms with Crippen molar-refractivity contribution >= 4 is 27.3 Å². The van der Waals surface area contributed by atoms with E-state index in [0.717, 1.165) is 14.9 Å². The molecule has 0 aliphatic rings. The summed E-state index contributed by atoms with van der Waals surface area (Å²) in [6.07, 6.45) is 0.0319. The molecule has 102 valence electrons. The van der Waals surface area contributed by atoms with Crippen LogP contribution in [0.3, 0.4) is 0 Å². The predicted molar refractivity (Wildman–Crippen MR) is 80.2 cm³/mol. The number of hydrogen-bond acceptors (Lipinski definition) is 4. The van der Waals surface area contributed by atoms with Crippen LogP contribution in [-0.4, -0.2) is 19.3 Å². The van der Waals surface area contributed by atoms with Crippen LogP contribution >= 0.6 is 27.3 Å². The molecule has 19 heavy (non-hydrogen) atoms. The summed E-state index contributed by atoms with van der Waals surface area (Å²) in [4.78, 5) is 0.